The van der Waals surface area contributed by atoms with Crippen molar-refractivity contribution >= 4 is 33.0 Å². The molecule has 0 aliphatic heterocycles. The average molecular weight is 290 g/mol. The number of amides is 1. The smallest absolute Gasteiger partial charge is 0.261 e. The highest BCUT2D eigenvalue weighted by Crippen LogP contribution is 2.28. The van der Waals surface area contributed by atoms with E-state index in [1.165, 1.54) is 11.3 Å². The zero-order valence-corrected chi connectivity index (χ0v) is 12.0. The number of fused-ring (bicyclic) bond motifs is 1. The van der Waals surface area contributed by atoms with Crippen LogP contribution >= 0.6 is 11.3 Å². The molecule has 0 saturated heterocycles. The molecule has 0 bridgehead atoms. The second kappa shape index (κ2) is 5.42. The van der Waals surface area contributed by atoms with E-state index in [4.69, 9.17) is 5.73 Å². The van der Waals surface area contributed by atoms with Crippen molar-refractivity contribution in [2.45, 2.75) is 25.4 Å². The number of aliphatic hydroxyl groups is 1. The Hall–Kier alpha value is -1.59. The highest BCUT2D eigenvalue weighted by Gasteiger charge is 2.23. The lowest BCUT2D eigenvalue weighted by atomic mass is 10.1. The largest absolute Gasteiger partial charge is 0.399 e. The minimum atomic E-state index is -0.191. The summed E-state index contributed by atoms with van der Waals surface area (Å²) < 4.78 is 1.07. The molecule has 1 heterocycles. The summed E-state index contributed by atoms with van der Waals surface area (Å²) in [5.74, 6) is 0.366. The molecule has 1 aliphatic rings. The van der Waals surface area contributed by atoms with Gasteiger partial charge in [-0.3, -0.25) is 4.79 Å². The summed E-state index contributed by atoms with van der Waals surface area (Å²) in [6.45, 7) is 0.645. The maximum absolute atomic E-state index is 12.1. The standard InChI is InChI=1S/C15H18N2O2S/c16-11-2-4-13-10(6-11)7-14(20-13)15(19)17-8-9-1-3-12(18)5-9/h2,4,6-7,9,12,18H,1,3,5,8,16H2,(H,17,19). The van der Waals surface area contributed by atoms with Crippen molar-refractivity contribution in [2.24, 2.45) is 5.92 Å². The fourth-order valence-electron chi connectivity index (χ4n) is 2.73. The van der Waals surface area contributed by atoms with Gasteiger partial charge in [0.05, 0.1) is 11.0 Å². The molecular formula is C15H18N2O2S. The molecule has 5 heteroatoms. The third-order valence-electron chi connectivity index (χ3n) is 3.83. The van der Waals surface area contributed by atoms with Crippen molar-refractivity contribution in [1.29, 1.82) is 0 Å². The molecule has 4 N–H and O–H groups in total. The van der Waals surface area contributed by atoms with Crippen molar-refractivity contribution in [1.82, 2.24) is 5.32 Å². The van der Waals surface area contributed by atoms with Crippen molar-refractivity contribution in [3.05, 3.63) is 29.1 Å². The zero-order chi connectivity index (χ0) is 14.1. The molecule has 0 spiro atoms. The predicted octanol–water partition coefficient (Wildman–Crippen LogP) is 2.37. The van der Waals surface area contributed by atoms with Crippen molar-refractivity contribution in [3.63, 3.8) is 0 Å². The molecule has 2 unspecified atom stereocenters. The summed E-state index contributed by atoms with van der Waals surface area (Å²) >= 11 is 1.48. The van der Waals surface area contributed by atoms with Crippen LogP contribution < -0.4 is 11.1 Å². The number of hydrogen-bond acceptors (Lipinski definition) is 4. The fraction of sp³-hybridized carbons (Fsp3) is 0.400. The monoisotopic (exact) mass is 290 g/mol. The number of hydrogen-bond donors (Lipinski definition) is 3. The highest BCUT2D eigenvalue weighted by molar-refractivity contribution is 7.20. The number of nitrogens with one attached hydrogen (secondary N) is 1. The van der Waals surface area contributed by atoms with Crippen molar-refractivity contribution in [2.75, 3.05) is 12.3 Å². The Labute approximate surface area is 121 Å². The summed E-state index contributed by atoms with van der Waals surface area (Å²) in [5, 5.41) is 13.5. The average Bonchev–Trinajstić information content (AvgIpc) is 3.01. The van der Waals surface area contributed by atoms with E-state index in [0.717, 1.165) is 29.3 Å². The molecule has 4 nitrogen and oxygen atoms in total. The minimum absolute atomic E-state index is 0.0360. The van der Waals surface area contributed by atoms with Crippen LogP contribution in [0.25, 0.3) is 10.1 Å². The summed E-state index contributed by atoms with van der Waals surface area (Å²) in [6.07, 6.45) is 2.44. The summed E-state index contributed by atoms with van der Waals surface area (Å²) in [6, 6.07) is 7.56. The SMILES string of the molecule is Nc1ccc2sc(C(=O)NCC3CCC(O)C3)cc2c1. The first-order chi connectivity index (χ1) is 9.61. The highest BCUT2D eigenvalue weighted by atomic mass is 32.1. The van der Waals surface area contributed by atoms with E-state index in [9.17, 15) is 9.90 Å². The van der Waals surface area contributed by atoms with Crippen LogP contribution in [0.5, 0.6) is 0 Å². The Morgan fingerprint density at radius 3 is 3.00 bits per heavy atom. The van der Waals surface area contributed by atoms with E-state index in [1.54, 1.807) is 0 Å². The van der Waals surface area contributed by atoms with Crippen LogP contribution in [-0.4, -0.2) is 23.7 Å². The Bertz CT molecular complexity index is 638. The van der Waals surface area contributed by atoms with E-state index in [2.05, 4.69) is 5.32 Å². The minimum Gasteiger partial charge on any atom is -0.399 e. The third kappa shape index (κ3) is 2.78. The fourth-order valence-corrected chi connectivity index (χ4v) is 3.69. The van der Waals surface area contributed by atoms with Crippen molar-refractivity contribution in [3.8, 4) is 0 Å². The van der Waals surface area contributed by atoms with Gasteiger partial charge in [0, 0.05) is 16.9 Å². The first-order valence-corrected chi connectivity index (χ1v) is 7.69. The molecule has 1 aromatic heterocycles. The van der Waals surface area contributed by atoms with Gasteiger partial charge >= 0.3 is 0 Å². The maximum Gasteiger partial charge on any atom is 0.261 e. The lowest BCUT2D eigenvalue weighted by molar-refractivity contribution is 0.0949. The topological polar surface area (TPSA) is 75.4 Å². The van der Waals surface area contributed by atoms with E-state index < -0.39 is 0 Å². The molecule has 1 aliphatic carbocycles. The van der Waals surface area contributed by atoms with Crippen LogP contribution in [0.3, 0.4) is 0 Å². The molecule has 1 fully saturated rings. The van der Waals surface area contributed by atoms with E-state index in [0.29, 0.717) is 23.0 Å². The molecule has 2 aromatic rings. The Balaban J connectivity index is 1.66. The van der Waals surface area contributed by atoms with Crippen LogP contribution in [-0.2, 0) is 0 Å². The molecule has 2 atom stereocenters. The summed E-state index contributed by atoms with van der Waals surface area (Å²) in [7, 11) is 0. The molecule has 1 saturated carbocycles. The second-order valence-electron chi connectivity index (χ2n) is 5.45. The maximum atomic E-state index is 12.1. The van der Waals surface area contributed by atoms with Gasteiger partial charge in [0.2, 0.25) is 0 Å². The lowest BCUT2D eigenvalue weighted by Crippen LogP contribution is -2.28. The van der Waals surface area contributed by atoms with Crippen LogP contribution in [0.1, 0.15) is 28.9 Å². The molecule has 1 aromatic carbocycles. The first kappa shape index (κ1) is 13.4. The normalized spacial score (nSPS) is 22.2. The summed E-state index contributed by atoms with van der Waals surface area (Å²) in [5.41, 5.74) is 6.45. The lowest BCUT2D eigenvalue weighted by Gasteiger charge is -2.09. The summed E-state index contributed by atoms with van der Waals surface area (Å²) in [4.78, 5) is 12.9. The van der Waals surface area contributed by atoms with Gasteiger partial charge in [-0.2, -0.15) is 0 Å². The number of aliphatic hydroxyl groups excluding tert-OH is 1. The number of anilines is 1. The number of thiophene rings is 1. The van der Waals surface area contributed by atoms with E-state index in [-0.39, 0.29) is 12.0 Å². The molecular weight excluding hydrogens is 272 g/mol. The Morgan fingerprint density at radius 1 is 1.40 bits per heavy atom. The molecule has 3 rings (SSSR count). The van der Waals surface area contributed by atoms with Crippen LogP contribution in [0.2, 0.25) is 0 Å². The van der Waals surface area contributed by atoms with Gasteiger partial charge in [0.1, 0.15) is 0 Å². The Morgan fingerprint density at radius 2 is 2.25 bits per heavy atom. The Kier molecular flexibility index (Phi) is 3.63. The zero-order valence-electron chi connectivity index (χ0n) is 11.1. The van der Waals surface area contributed by atoms with Gasteiger partial charge in [-0.15, -0.1) is 11.3 Å². The number of benzene rings is 1. The van der Waals surface area contributed by atoms with Crippen molar-refractivity contribution < 1.29 is 9.90 Å². The van der Waals surface area contributed by atoms with Gasteiger partial charge < -0.3 is 16.2 Å². The van der Waals surface area contributed by atoms with Gasteiger partial charge in [-0.1, -0.05) is 0 Å². The van der Waals surface area contributed by atoms with Gasteiger partial charge in [-0.05, 0) is 54.8 Å². The van der Waals surface area contributed by atoms with E-state index in [1.807, 2.05) is 24.3 Å². The molecule has 106 valence electrons. The van der Waals surface area contributed by atoms with Gasteiger partial charge in [-0.25, -0.2) is 0 Å². The second-order valence-corrected chi connectivity index (χ2v) is 6.53. The first-order valence-electron chi connectivity index (χ1n) is 6.87. The van der Waals surface area contributed by atoms with Crippen LogP contribution in [0.15, 0.2) is 24.3 Å². The number of carbonyl (C=O) groups is 1. The van der Waals surface area contributed by atoms with Gasteiger partial charge in [0.25, 0.3) is 5.91 Å². The van der Waals surface area contributed by atoms with E-state index >= 15 is 0 Å². The molecule has 20 heavy (non-hydrogen) atoms. The number of rotatable bonds is 3. The number of carbonyl (C=O) groups excluding carboxylic acids is 1. The molecule has 0 radical (unpaired) electrons. The number of nitrogens with two attached hydrogens (primary N) is 1. The third-order valence-corrected chi connectivity index (χ3v) is 4.94. The number of nitrogen functional groups attached to an aromatic ring is 1. The quantitative estimate of drug-likeness (QED) is 0.760. The van der Waals surface area contributed by atoms with Crippen LogP contribution in [0, 0.1) is 5.92 Å². The molecule has 1 amide bonds. The van der Waals surface area contributed by atoms with Crippen LogP contribution in [0.4, 0.5) is 5.69 Å². The van der Waals surface area contributed by atoms with Gasteiger partial charge in [0.15, 0.2) is 0 Å². The predicted molar refractivity (Wildman–Crippen MR) is 81.9 cm³/mol.